The molecule has 182 valence electrons. The summed E-state index contributed by atoms with van der Waals surface area (Å²) in [4.78, 5) is 18.0. The van der Waals surface area contributed by atoms with Crippen LogP contribution in [-0.2, 0) is 0 Å². The second-order valence-electron chi connectivity index (χ2n) is 7.76. The molecule has 2 N–H and O–H groups in total. The summed E-state index contributed by atoms with van der Waals surface area (Å²) in [6, 6.07) is 8.02. The number of ether oxygens (including phenoxy) is 1. The van der Waals surface area contributed by atoms with Gasteiger partial charge in [-0.25, -0.2) is 19.4 Å². The molecule has 0 bridgehead atoms. The van der Waals surface area contributed by atoms with Gasteiger partial charge in [0.05, 0.1) is 6.54 Å². The smallest absolute Gasteiger partial charge is 0.225 e. The van der Waals surface area contributed by atoms with Gasteiger partial charge in [0.15, 0.2) is 5.96 Å². The molecule has 1 atom stereocenters. The lowest BCUT2D eigenvalue weighted by Crippen LogP contribution is -2.47. The Hall–Kier alpha value is -2.21. The Balaban J connectivity index is 0.00000385. The first-order valence-electron chi connectivity index (χ1n) is 11.3. The highest BCUT2D eigenvalue weighted by Gasteiger charge is 2.18. The van der Waals surface area contributed by atoms with Crippen molar-refractivity contribution < 1.29 is 9.13 Å². The molecular formula is C23H35FIN7O. The molecule has 0 aliphatic carbocycles. The molecule has 0 saturated carbocycles. The van der Waals surface area contributed by atoms with Gasteiger partial charge in [0, 0.05) is 57.7 Å². The molecule has 2 heterocycles. The summed E-state index contributed by atoms with van der Waals surface area (Å²) < 4.78 is 19.0. The molecule has 0 amide bonds. The number of aromatic nitrogens is 2. The first-order chi connectivity index (χ1) is 15.6. The monoisotopic (exact) mass is 571 g/mol. The van der Waals surface area contributed by atoms with E-state index in [4.69, 9.17) is 4.74 Å². The van der Waals surface area contributed by atoms with Crippen molar-refractivity contribution in [3.05, 3.63) is 48.5 Å². The van der Waals surface area contributed by atoms with Crippen molar-refractivity contribution in [1.82, 2.24) is 25.5 Å². The summed E-state index contributed by atoms with van der Waals surface area (Å²) in [5, 5.41) is 6.65. The number of nitrogens with zero attached hydrogens (tertiary/aromatic N) is 5. The molecule has 1 saturated heterocycles. The minimum Gasteiger partial charge on any atom is -0.489 e. The summed E-state index contributed by atoms with van der Waals surface area (Å²) >= 11 is 0. The van der Waals surface area contributed by atoms with Gasteiger partial charge in [-0.15, -0.1) is 24.0 Å². The van der Waals surface area contributed by atoms with Gasteiger partial charge in [0.25, 0.3) is 0 Å². The van der Waals surface area contributed by atoms with Crippen LogP contribution in [0.2, 0.25) is 0 Å². The van der Waals surface area contributed by atoms with E-state index in [0.717, 1.165) is 64.1 Å². The Kier molecular flexibility index (Phi) is 12.2. The highest BCUT2D eigenvalue weighted by molar-refractivity contribution is 14.0. The zero-order valence-corrected chi connectivity index (χ0v) is 21.7. The molecule has 33 heavy (non-hydrogen) atoms. The second kappa shape index (κ2) is 14.8. The first-order valence-corrected chi connectivity index (χ1v) is 11.3. The number of halogens is 2. The fourth-order valence-corrected chi connectivity index (χ4v) is 3.51. The van der Waals surface area contributed by atoms with Gasteiger partial charge in [0.1, 0.15) is 17.7 Å². The lowest BCUT2D eigenvalue weighted by molar-refractivity contribution is 0.229. The molecule has 2 aromatic rings. The van der Waals surface area contributed by atoms with E-state index in [9.17, 15) is 4.39 Å². The summed E-state index contributed by atoms with van der Waals surface area (Å²) in [5.41, 5.74) is 0. The van der Waals surface area contributed by atoms with E-state index in [-0.39, 0.29) is 35.9 Å². The van der Waals surface area contributed by atoms with E-state index in [1.54, 1.807) is 24.5 Å². The number of benzene rings is 1. The van der Waals surface area contributed by atoms with Crippen LogP contribution in [0.5, 0.6) is 5.75 Å². The van der Waals surface area contributed by atoms with Crippen molar-refractivity contribution in [2.75, 3.05) is 57.3 Å². The van der Waals surface area contributed by atoms with Gasteiger partial charge in [-0.05, 0) is 45.0 Å². The highest BCUT2D eigenvalue weighted by atomic mass is 127. The minimum absolute atomic E-state index is 0. The molecular weight excluding hydrogens is 536 g/mol. The first kappa shape index (κ1) is 27.0. The average Bonchev–Trinajstić information content (AvgIpc) is 2.81. The van der Waals surface area contributed by atoms with Crippen molar-refractivity contribution in [2.24, 2.45) is 4.99 Å². The van der Waals surface area contributed by atoms with Crippen LogP contribution in [0.15, 0.2) is 47.7 Å². The van der Waals surface area contributed by atoms with Gasteiger partial charge in [0.2, 0.25) is 5.95 Å². The van der Waals surface area contributed by atoms with Crippen molar-refractivity contribution >= 4 is 35.9 Å². The summed E-state index contributed by atoms with van der Waals surface area (Å²) in [6.07, 6.45) is 4.45. The minimum atomic E-state index is -0.303. The van der Waals surface area contributed by atoms with Gasteiger partial charge in [-0.2, -0.15) is 0 Å². The number of aliphatic imine (C=N–C) groups is 1. The topological polar surface area (TPSA) is 77.9 Å². The maximum absolute atomic E-state index is 13.3. The summed E-state index contributed by atoms with van der Waals surface area (Å²) in [7, 11) is 0. The van der Waals surface area contributed by atoms with E-state index < -0.39 is 0 Å². The van der Waals surface area contributed by atoms with Crippen LogP contribution in [-0.4, -0.2) is 79.3 Å². The predicted molar refractivity (Wildman–Crippen MR) is 141 cm³/mol. The molecule has 1 aliphatic heterocycles. The Morgan fingerprint density at radius 2 is 1.91 bits per heavy atom. The third-order valence-corrected chi connectivity index (χ3v) is 5.13. The third-order valence-electron chi connectivity index (χ3n) is 5.13. The van der Waals surface area contributed by atoms with Crippen LogP contribution in [0.4, 0.5) is 10.3 Å². The van der Waals surface area contributed by atoms with E-state index >= 15 is 0 Å². The van der Waals surface area contributed by atoms with Gasteiger partial charge in [-0.3, -0.25) is 4.90 Å². The molecule has 10 heteroatoms. The van der Waals surface area contributed by atoms with Crippen LogP contribution < -0.4 is 20.3 Å². The Morgan fingerprint density at radius 1 is 1.15 bits per heavy atom. The maximum atomic E-state index is 13.3. The number of piperazine rings is 1. The van der Waals surface area contributed by atoms with Crippen LogP contribution in [0.1, 0.15) is 20.3 Å². The molecule has 8 nitrogen and oxygen atoms in total. The zero-order chi connectivity index (χ0) is 22.6. The molecule has 1 fully saturated rings. The van der Waals surface area contributed by atoms with Gasteiger partial charge < -0.3 is 20.3 Å². The Bertz CT molecular complexity index is 835. The standard InChI is InChI=1S/C23H34FN7O.HI/c1-3-25-22(29-18-19(2)32-21-8-4-7-20(24)17-21)26-11-6-12-30-13-15-31(16-14-30)23-27-9-5-10-28-23;/h4-5,7-10,17,19H,3,6,11-16,18H2,1-2H3,(H2,25,26,29);1H. The van der Waals surface area contributed by atoms with Crippen molar-refractivity contribution in [3.8, 4) is 5.75 Å². The normalized spacial score (nSPS) is 15.5. The lowest BCUT2D eigenvalue weighted by Gasteiger charge is -2.34. The van der Waals surface area contributed by atoms with E-state index in [0.29, 0.717) is 12.3 Å². The Morgan fingerprint density at radius 3 is 2.61 bits per heavy atom. The van der Waals surface area contributed by atoms with E-state index in [1.165, 1.54) is 12.1 Å². The van der Waals surface area contributed by atoms with Gasteiger partial charge >= 0.3 is 0 Å². The van der Waals surface area contributed by atoms with Crippen molar-refractivity contribution in [1.29, 1.82) is 0 Å². The van der Waals surface area contributed by atoms with E-state index in [1.807, 2.05) is 19.9 Å². The number of nitrogens with one attached hydrogen (secondary N) is 2. The van der Waals surface area contributed by atoms with Crippen LogP contribution in [0.3, 0.4) is 0 Å². The molecule has 1 aliphatic rings. The quantitative estimate of drug-likeness (QED) is 0.197. The SMILES string of the molecule is CCNC(=NCC(C)Oc1cccc(F)c1)NCCCN1CCN(c2ncccn2)CC1.I. The number of rotatable bonds is 10. The van der Waals surface area contributed by atoms with Crippen molar-refractivity contribution in [3.63, 3.8) is 0 Å². The second-order valence-corrected chi connectivity index (χ2v) is 7.76. The summed E-state index contributed by atoms with van der Waals surface area (Å²) in [6.45, 7) is 11.0. The fourth-order valence-electron chi connectivity index (χ4n) is 3.51. The molecule has 0 spiro atoms. The molecule has 1 unspecified atom stereocenters. The van der Waals surface area contributed by atoms with Crippen LogP contribution in [0.25, 0.3) is 0 Å². The lowest BCUT2D eigenvalue weighted by atomic mass is 10.3. The van der Waals surface area contributed by atoms with E-state index in [2.05, 4.69) is 35.4 Å². The zero-order valence-electron chi connectivity index (χ0n) is 19.4. The fraction of sp³-hybridized carbons (Fsp3) is 0.522. The largest absolute Gasteiger partial charge is 0.489 e. The van der Waals surface area contributed by atoms with Crippen molar-refractivity contribution in [2.45, 2.75) is 26.4 Å². The predicted octanol–water partition coefficient (Wildman–Crippen LogP) is 2.77. The number of guanidine groups is 1. The molecule has 1 aromatic carbocycles. The summed E-state index contributed by atoms with van der Waals surface area (Å²) in [5.74, 6) is 1.80. The highest BCUT2D eigenvalue weighted by Crippen LogP contribution is 2.14. The molecule has 3 rings (SSSR count). The number of hydrogen-bond donors (Lipinski definition) is 2. The maximum Gasteiger partial charge on any atom is 0.225 e. The third kappa shape index (κ3) is 9.66. The van der Waals surface area contributed by atoms with Crippen LogP contribution >= 0.6 is 24.0 Å². The van der Waals surface area contributed by atoms with Crippen LogP contribution in [0, 0.1) is 5.82 Å². The molecule has 0 radical (unpaired) electrons. The Labute approximate surface area is 213 Å². The average molecular weight is 571 g/mol. The molecule has 1 aromatic heterocycles. The number of hydrogen-bond acceptors (Lipinski definition) is 6. The number of anilines is 1. The van der Waals surface area contributed by atoms with Gasteiger partial charge in [-0.1, -0.05) is 6.07 Å².